The van der Waals surface area contributed by atoms with Crippen LogP contribution < -0.4 is 0 Å². The lowest BCUT2D eigenvalue weighted by molar-refractivity contribution is -0.142. The summed E-state index contributed by atoms with van der Waals surface area (Å²) >= 11 is 0. The highest BCUT2D eigenvalue weighted by molar-refractivity contribution is 5.71. The number of benzene rings is 1. The van der Waals surface area contributed by atoms with Crippen LogP contribution in [-0.4, -0.2) is 37.1 Å². The summed E-state index contributed by atoms with van der Waals surface area (Å²) in [5.41, 5.74) is 2.89. The summed E-state index contributed by atoms with van der Waals surface area (Å²) in [5.74, 6) is 0.407. The first-order chi connectivity index (χ1) is 8.61. The van der Waals surface area contributed by atoms with Gasteiger partial charge in [0.1, 0.15) is 0 Å². The third-order valence-corrected chi connectivity index (χ3v) is 3.71. The maximum atomic E-state index is 11.4. The van der Waals surface area contributed by atoms with E-state index in [1.807, 2.05) is 0 Å². The summed E-state index contributed by atoms with van der Waals surface area (Å²) in [6.45, 7) is 5.55. The van der Waals surface area contributed by atoms with Crippen molar-refractivity contribution in [2.24, 2.45) is 0 Å². The fraction of sp³-hybridized carbons (Fsp3) is 0.533. The number of carbonyl (C=O) groups is 1. The molecule has 18 heavy (non-hydrogen) atoms. The molecule has 0 saturated heterocycles. The quantitative estimate of drug-likeness (QED) is 0.747. The highest BCUT2D eigenvalue weighted by Gasteiger charge is 2.28. The van der Waals surface area contributed by atoms with Crippen LogP contribution in [0.5, 0.6) is 0 Å². The van der Waals surface area contributed by atoms with Crippen molar-refractivity contribution < 1.29 is 9.53 Å². The molecular formula is C15H21NO2. The molecule has 1 aliphatic rings. The Morgan fingerprint density at radius 2 is 2.17 bits per heavy atom. The van der Waals surface area contributed by atoms with Gasteiger partial charge in [-0.2, -0.15) is 0 Å². The summed E-state index contributed by atoms with van der Waals surface area (Å²) in [7, 11) is 1.44. The fourth-order valence-corrected chi connectivity index (χ4v) is 2.50. The van der Waals surface area contributed by atoms with Crippen molar-refractivity contribution in [2.75, 3.05) is 20.2 Å². The summed E-state index contributed by atoms with van der Waals surface area (Å²) in [4.78, 5) is 13.6. The zero-order valence-electron chi connectivity index (χ0n) is 11.3. The maximum absolute atomic E-state index is 11.4. The van der Waals surface area contributed by atoms with Gasteiger partial charge in [-0.1, -0.05) is 24.3 Å². The Kier molecular flexibility index (Phi) is 4.02. The molecule has 0 amide bonds. The zero-order valence-corrected chi connectivity index (χ0v) is 11.3. The van der Waals surface area contributed by atoms with Crippen molar-refractivity contribution in [1.29, 1.82) is 0 Å². The molecule has 1 aromatic carbocycles. The average molecular weight is 247 g/mol. The monoisotopic (exact) mass is 247 g/mol. The molecule has 0 spiro atoms. The molecule has 3 nitrogen and oxygen atoms in total. The lowest BCUT2D eigenvalue weighted by Crippen LogP contribution is -2.41. The molecule has 0 saturated carbocycles. The predicted molar refractivity (Wildman–Crippen MR) is 71.6 cm³/mol. The Bertz CT molecular complexity index is 428. The molecule has 1 unspecified atom stereocenters. The van der Waals surface area contributed by atoms with E-state index in [1.165, 1.54) is 18.2 Å². The van der Waals surface area contributed by atoms with Crippen molar-refractivity contribution in [3.8, 4) is 0 Å². The zero-order chi connectivity index (χ0) is 13.1. The van der Waals surface area contributed by atoms with E-state index in [9.17, 15) is 4.79 Å². The first-order valence-electron chi connectivity index (χ1n) is 6.50. The third kappa shape index (κ3) is 2.72. The summed E-state index contributed by atoms with van der Waals surface area (Å²) in [6.07, 6.45) is 1.13. The molecule has 3 heteroatoms. The molecular weight excluding hydrogens is 226 g/mol. The van der Waals surface area contributed by atoms with E-state index in [2.05, 4.69) is 43.0 Å². The van der Waals surface area contributed by atoms with Crippen LogP contribution in [-0.2, 0) is 16.0 Å². The van der Waals surface area contributed by atoms with Crippen molar-refractivity contribution >= 4 is 5.97 Å². The molecule has 98 valence electrons. The topological polar surface area (TPSA) is 29.5 Å². The number of esters is 1. The minimum Gasteiger partial charge on any atom is -0.468 e. The number of hydrogen-bond donors (Lipinski definition) is 0. The van der Waals surface area contributed by atoms with Gasteiger partial charge in [-0.25, -0.2) is 0 Å². The summed E-state index contributed by atoms with van der Waals surface area (Å²) in [6, 6.07) is 8.91. The molecule has 1 aromatic rings. The van der Waals surface area contributed by atoms with Crippen LogP contribution in [0.1, 0.15) is 30.9 Å². The second-order valence-electron chi connectivity index (χ2n) is 5.20. The van der Waals surface area contributed by atoms with Crippen LogP contribution in [0.2, 0.25) is 0 Å². The van der Waals surface area contributed by atoms with E-state index < -0.39 is 0 Å². The minimum absolute atomic E-state index is 0.156. The second-order valence-corrected chi connectivity index (χ2v) is 5.20. The van der Waals surface area contributed by atoms with Crippen LogP contribution in [0.15, 0.2) is 24.3 Å². The SMILES string of the molecule is COC(=O)CN(CC1Cc2ccccc21)C(C)C. The van der Waals surface area contributed by atoms with E-state index in [0.717, 1.165) is 13.0 Å². The molecule has 2 rings (SSSR count). The highest BCUT2D eigenvalue weighted by atomic mass is 16.5. The molecule has 0 radical (unpaired) electrons. The van der Waals surface area contributed by atoms with Crippen LogP contribution in [0.4, 0.5) is 0 Å². The molecule has 1 atom stereocenters. The Hall–Kier alpha value is -1.35. The Balaban J connectivity index is 1.97. The largest absolute Gasteiger partial charge is 0.468 e. The van der Waals surface area contributed by atoms with Crippen molar-refractivity contribution in [1.82, 2.24) is 4.90 Å². The number of nitrogens with zero attached hydrogens (tertiary/aromatic N) is 1. The van der Waals surface area contributed by atoms with Crippen LogP contribution in [0.3, 0.4) is 0 Å². The van der Waals surface area contributed by atoms with Gasteiger partial charge in [0.15, 0.2) is 0 Å². The maximum Gasteiger partial charge on any atom is 0.319 e. The Morgan fingerprint density at radius 3 is 2.78 bits per heavy atom. The molecule has 1 aliphatic carbocycles. The molecule has 0 fully saturated rings. The number of rotatable bonds is 5. The Morgan fingerprint density at radius 1 is 1.44 bits per heavy atom. The fourth-order valence-electron chi connectivity index (χ4n) is 2.50. The van der Waals surface area contributed by atoms with E-state index >= 15 is 0 Å². The number of ether oxygens (including phenoxy) is 1. The second kappa shape index (κ2) is 5.53. The van der Waals surface area contributed by atoms with Gasteiger partial charge in [-0.15, -0.1) is 0 Å². The van der Waals surface area contributed by atoms with Crippen molar-refractivity contribution in [3.63, 3.8) is 0 Å². The first-order valence-corrected chi connectivity index (χ1v) is 6.50. The summed E-state index contributed by atoms with van der Waals surface area (Å²) in [5, 5.41) is 0. The first kappa shape index (κ1) is 13.1. The van der Waals surface area contributed by atoms with Gasteiger partial charge in [0, 0.05) is 18.5 Å². The van der Waals surface area contributed by atoms with Crippen molar-refractivity contribution in [2.45, 2.75) is 32.2 Å². The number of carbonyl (C=O) groups excluding carboxylic acids is 1. The van der Waals surface area contributed by atoms with Crippen molar-refractivity contribution in [3.05, 3.63) is 35.4 Å². The Labute approximate surface area is 109 Å². The van der Waals surface area contributed by atoms with Gasteiger partial charge in [-0.3, -0.25) is 9.69 Å². The van der Waals surface area contributed by atoms with Crippen LogP contribution >= 0.6 is 0 Å². The van der Waals surface area contributed by atoms with Gasteiger partial charge >= 0.3 is 5.97 Å². The van der Waals surface area contributed by atoms with E-state index in [4.69, 9.17) is 4.74 Å². The third-order valence-electron chi connectivity index (χ3n) is 3.71. The molecule has 0 aromatic heterocycles. The smallest absolute Gasteiger partial charge is 0.319 e. The number of methoxy groups -OCH3 is 1. The van der Waals surface area contributed by atoms with E-state index in [0.29, 0.717) is 18.5 Å². The van der Waals surface area contributed by atoms with Gasteiger partial charge in [0.25, 0.3) is 0 Å². The highest BCUT2D eigenvalue weighted by Crippen LogP contribution is 2.35. The van der Waals surface area contributed by atoms with E-state index in [-0.39, 0.29) is 5.97 Å². The predicted octanol–water partition coefficient (Wildman–Crippen LogP) is 2.21. The van der Waals surface area contributed by atoms with Gasteiger partial charge in [0.05, 0.1) is 13.7 Å². The lowest BCUT2D eigenvalue weighted by atomic mass is 9.77. The number of fused-ring (bicyclic) bond motifs is 1. The normalized spacial score (nSPS) is 17.5. The van der Waals surface area contributed by atoms with Crippen LogP contribution in [0.25, 0.3) is 0 Å². The standard InChI is InChI=1S/C15H21NO2/c1-11(2)16(10-15(17)18-3)9-13-8-12-6-4-5-7-14(12)13/h4-7,11,13H,8-10H2,1-3H3. The number of hydrogen-bond acceptors (Lipinski definition) is 3. The molecule has 0 bridgehead atoms. The van der Waals surface area contributed by atoms with E-state index in [1.54, 1.807) is 0 Å². The molecule has 0 aliphatic heterocycles. The van der Waals surface area contributed by atoms with Crippen LogP contribution in [0, 0.1) is 0 Å². The van der Waals surface area contributed by atoms with Gasteiger partial charge in [0.2, 0.25) is 0 Å². The average Bonchev–Trinajstić information content (AvgIpc) is 2.33. The molecule has 0 heterocycles. The van der Waals surface area contributed by atoms with Gasteiger partial charge < -0.3 is 4.74 Å². The minimum atomic E-state index is -0.156. The molecule has 0 N–H and O–H groups in total. The summed E-state index contributed by atoms with van der Waals surface area (Å²) < 4.78 is 4.75. The lowest BCUT2D eigenvalue weighted by Gasteiger charge is -2.36. The van der Waals surface area contributed by atoms with Gasteiger partial charge in [-0.05, 0) is 31.4 Å².